The number of halogens is 2. The summed E-state index contributed by atoms with van der Waals surface area (Å²) >= 11 is 0. The number of hydrogen-bond donors (Lipinski definition) is 0. The van der Waals surface area contributed by atoms with E-state index in [1.54, 1.807) is 7.11 Å². The van der Waals surface area contributed by atoms with Crippen molar-refractivity contribution >= 4 is 0 Å². The topological polar surface area (TPSA) is 40.5 Å². The molecule has 0 N–H and O–H groups in total. The van der Waals surface area contributed by atoms with E-state index in [1.807, 2.05) is 16.7 Å². The molecule has 34 heavy (non-hydrogen) atoms. The molecule has 4 rings (SSSR count). The maximum atomic E-state index is 13.0. The fourth-order valence-electron chi connectivity index (χ4n) is 5.53. The van der Waals surface area contributed by atoms with Gasteiger partial charge in [-0.05, 0) is 86.6 Å². The summed E-state index contributed by atoms with van der Waals surface area (Å²) in [6.45, 7) is 3.62. The molecule has 0 aliphatic carbocycles. The molecule has 6 heteroatoms. The van der Waals surface area contributed by atoms with Gasteiger partial charge >= 0.3 is 0 Å². The fourth-order valence-corrected chi connectivity index (χ4v) is 5.53. The molecule has 0 unspecified atom stereocenters. The number of ether oxygens (including phenoxy) is 2. The highest BCUT2D eigenvalue weighted by Gasteiger charge is 2.23. The molecule has 2 aromatic rings. The van der Waals surface area contributed by atoms with Crippen molar-refractivity contribution in [1.29, 1.82) is 0 Å². The smallest absolute Gasteiger partial charge is 0.251 e. The van der Waals surface area contributed by atoms with Crippen molar-refractivity contribution in [2.45, 2.75) is 96.6 Å². The third-order valence-electron chi connectivity index (χ3n) is 7.40. The summed E-state index contributed by atoms with van der Waals surface area (Å²) in [5.41, 5.74) is 6.45. The molecule has 186 valence electrons. The van der Waals surface area contributed by atoms with E-state index >= 15 is 0 Å². The van der Waals surface area contributed by atoms with E-state index in [4.69, 9.17) is 9.47 Å². The number of nitrogens with zero attached hydrogens (tertiary/aromatic N) is 1. The Labute approximate surface area is 201 Å². The summed E-state index contributed by atoms with van der Waals surface area (Å²) in [6.07, 6.45) is 7.41. The number of benzene rings is 1. The highest BCUT2D eigenvalue weighted by Crippen LogP contribution is 2.37. The molecular weight excluding hydrogens is 436 g/mol. The van der Waals surface area contributed by atoms with E-state index in [0.717, 1.165) is 73.1 Å². The van der Waals surface area contributed by atoms with Gasteiger partial charge in [-0.2, -0.15) is 0 Å². The molecule has 1 atom stereocenters. The summed E-state index contributed by atoms with van der Waals surface area (Å²) in [5, 5.41) is 0. The molecule has 0 saturated carbocycles. The van der Waals surface area contributed by atoms with Crippen LogP contribution in [0.25, 0.3) is 11.3 Å². The van der Waals surface area contributed by atoms with Gasteiger partial charge in [0.05, 0.1) is 18.9 Å². The summed E-state index contributed by atoms with van der Waals surface area (Å²) in [4.78, 5) is 13.0. The van der Waals surface area contributed by atoms with Crippen LogP contribution in [0.4, 0.5) is 8.78 Å². The molecule has 4 nitrogen and oxygen atoms in total. The lowest BCUT2D eigenvalue weighted by Gasteiger charge is -2.26. The van der Waals surface area contributed by atoms with Gasteiger partial charge in [0.25, 0.3) is 5.56 Å². The first-order valence-electron chi connectivity index (χ1n) is 12.8. The zero-order valence-electron chi connectivity index (χ0n) is 20.5. The molecule has 0 bridgehead atoms. The molecule has 3 heterocycles. The van der Waals surface area contributed by atoms with Crippen LogP contribution >= 0.6 is 0 Å². The van der Waals surface area contributed by atoms with E-state index in [0.29, 0.717) is 31.2 Å². The molecule has 0 amide bonds. The minimum absolute atomic E-state index is 0.0481. The van der Waals surface area contributed by atoms with Gasteiger partial charge in [0.15, 0.2) is 0 Å². The van der Waals surface area contributed by atoms with Crippen LogP contribution in [0.2, 0.25) is 0 Å². The normalized spacial score (nSPS) is 17.9. The summed E-state index contributed by atoms with van der Waals surface area (Å²) in [6, 6.07) is 5.92. The van der Waals surface area contributed by atoms with Crippen LogP contribution in [0.3, 0.4) is 0 Å². The molecule has 2 aliphatic rings. The molecule has 0 radical (unpaired) electrons. The van der Waals surface area contributed by atoms with Crippen molar-refractivity contribution < 1.29 is 18.3 Å². The molecule has 0 spiro atoms. The van der Waals surface area contributed by atoms with Crippen molar-refractivity contribution in [2.24, 2.45) is 0 Å². The summed E-state index contributed by atoms with van der Waals surface area (Å²) < 4.78 is 38.7. The highest BCUT2D eigenvalue weighted by molar-refractivity contribution is 5.72. The van der Waals surface area contributed by atoms with E-state index < -0.39 is 6.43 Å². The predicted molar refractivity (Wildman–Crippen MR) is 131 cm³/mol. The summed E-state index contributed by atoms with van der Waals surface area (Å²) in [7, 11) is 1.62. The zero-order valence-corrected chi connectivity index (χ0v) is 20.5. The monoisotopic (exact) mass is 473 g/mol. The molecule has 2 aliphatic heterocycles. The molecular formula is C28H37F2NO3. The predicted octanol–water partition coefficient (Wildman–Crippen LogP) is 6.26. The lowest BCUT2D eigenvalue weighted by Crippen LogP contribution is -2.27. The SMILES string of the molecule is COc1cc2c(cc1CCCC(F)F)CCn1c-2c(C)c(CCC[C@@H]2CCCCCO2)cc1=O. The average Bonchev–Trinajstić information content (AvgIpc) is 3.09. The van der Waals surface area contributed by atoms with Gasteiger partial charge in [0.2, 0.25) is 6.43 Å². The number of aromatic nitrogens is 1. The Morgan fingerprint density at radius 3 is 2.74 bits per heavy atom. The number of hydrogen-bond acceptors (Lipinski definition) is 3. The average molecular weight is 474 g/mol. The number of pyridine rings is 1. The van der Waals surface area contributed by atoms with Crippen LogP contribution in [0.1, 0.15) is 73.6 Å². The number of rotatable bonds is 9. The van der Waals surface area contributed by atoms with Crippen LogP contribution in [-0.4, -0.2) is 30.8 Å². The quantitative estimate of drug-likeness (QED) is 0.432. The van der Waals surface area contributed by atoms with E-state index in [9.17, 15) is 13.6 Å². The Hall–Kier alpha value is -2.21. The van der Waals surface area contributed by atoms with E-state index in [2.05, 4.69) is 13.0 Å². The minimum atomic E-state index is -2.28. The van der Waals surface area contributed by atoms with Crippen LogP contribution in [-0.2, 0) is 30.5 Å². The fraction of sp³-hybridized carbons (Fsp3) is 0.607. The number of fused-ring (bicyclic) bond motifs is 3. The molecule has 1 aromatic heterocycles. The van der Waals surface area contributed by atoms with Crippen molar-refractivity contribution in [1.82, 2.24) is 4.57 Å². The van der Waals surface area contributed by atoms with Crippen molar-refractivity contribution in [3.8, 4) is 17.0 Å². The van der Waals surface area contributed by atoms with E-state index in [1.165, 1.54) is 18.4 Å². The van der Waals surface area contributed by atoms with Crippen molar-refractivity contribution in [2.75, 3.05) is 13.7 Å². The standard InChI is InChI=1S/C28H37F2NO3/c1-19-20(8-6-11-23-10-4-3-5-15-34-23)17-27(32)31-14-13-21-16-22(9-7-12-26(29)30)25(33-2)18-24(21)28(19)31/h16-18,23,26H,3-15H2,1-2H3/t23-/m0/s1. The van der Waals surface area contributed by atoms with Crippen molar-refractivity contribution in [3.05, 3.63) is 50.8 Å². The lowest BCUT2D eigenvalue weighted by atomic mass is 9.89. The Kier molecular flexibility index (Phi) is 8.41. The van der Waals surface area contributed by atoms with Gasteiger partial charge in [-0.25, -0.2) is 8.78 Å². The van der Waals surface area contributed by atoms with Gasteiger partial charge in [0, 0.05) is 31.2 Å². The minimum Gasteiger partial charge on any atom is -0.496 e. The Morgan fingerprint density at radius 2 is 1.94 bits per heavy atom. The maximum absolute atomic E-state index is 13.0. The third-order valence-corrected chi connectivity index (χ3v) is 7.40. The summed E-state index contributed by atoms with van der Waals surface area (Å²) in [5.74, 6) is 0.712. The Bertz CT molecular complexity index is 1040. The zero-order chi connectivity index (χ0) is 24.1. The first kappa shape index (κ1) is 24.9. The first-order valence-corrected chi connectivity index (χ1v) is 12.8. The lowest BCUT2D eigenvalue weighted by molar-refractivity contribution is 0.0516. The van der Waals surface area contributed by atoms with E-state index in [-0.39, 0.29) is 12.0 Å². The Balaban J connectivity index is 1.57. The molecule has 1 saturated heterocycles. The second-order valence-electron chi connectivity index (χ2n) is 9.72. The van der Waals surface area contributed by atoms with Crippen LogP contribution in [0, 0.1) is 6.92 Å². The van der Waals surface area contributed by atoms with Gasteiger partial charge in [-0.15, -0.1) is 0 Å². The van der Waals surface area contributed by atoms with Crippen LogP contribution < -0.4 is 10.3 Å². The number of methoxy groups -OCH3 is 1. The maximum Gasteiger partial charge on any atom is 0.251 e. The van der Waals surface area contributed by atoms with Crippen LogP contribution in [0.5, 0.6) is 5.75 Å². The second-order valence-corrected chi connectivity index (χ2v) is 9.72. The van der Waals surface area contributed by atoms with Gasteiger partial charge in [-0.1, -0.05) is 18.9 Å². The first-order chi connectivity index (χ1) is 16.5. The number of aryl methyl sites for hydroxylation is 3. The second kappa shape index (κ2) is 11.5. The van der Waals surface area contributed by atoms with Crippen molar-refractivity contribution in [3.63, 3.8) is 0 Å². The largest absolute Gasteiger partial charge is 0.496 e. The Morgan fingerprint density at radius 1 is 1.12 bits per heavy atom. The molecule has 1 aromatic carbocycles. The van der Waals surface area contributed by atoms with Gasteiger partial charge in [-0.3, -0.25) is 4.79 Å². The molecule has 1 fully saturated rings. The van der Waals surface area contributed by atoms with Crippen LogP contribution in [0.15, 0.2) is 23.0 Å². The number of alkyl halides is 2. The highest BCUT2D eigenvalue weighted by atomic mass is 19.3. The third kappa shape index (κ3) is 5.70. The van der Waals surface area contributed by atoms with Gasteiger partial charge in [0.1, 0.15) is 5.75 Å². The van der Waals surface area contributed by atoms with Gasteiger partial charge < -0.3 is 14.0 Å².